The highest BCUT2D eigenvalue weighted by atomic mass is 14.2. The summed E-state index contributed by atoms with van der Waals surface area (Å²) in [6, 6.07) is 8.67. The molecule has 0 nitrogen and oxygen atoms in total. The lowest BCUT2D eigenvalue weighted by Crippen LogP contribution is -2.05. The molecule has 0 heteroatoms. The first kappa shape index (κ1) is 12.3. The minimum atomic E-state index is 0.550. The molecule has 0 heterocycles. The average Bonchev–Trinajstić information content (AvgIpc) is 2.16. The zero-order valence-corrected chi connectivity index (χ0v) is 10.8. The van der Waals surface area contributed by atoms with Crippen molar-refractivity contribution >= 4 is 0 Å². The summed E-state index contributed by atoms with van der Waals surface area (Å²) in [5, 5.41) is 0. The molecule has 0 saturated heterocycles. The predicted molar refractivity (Wildman–Crippen MR) is 66.4 cm³/mol. The third-order valence-electron chi connectivity index (χ3n) is 2.77. The van der Waals surface area contributed by atoms with E-state index in [2.05, 4.69) is 53.7 Å². The second-order valence-electron chi connectivity index (χ2n) is 5.14. The van der Waals surface area contributed by atoms with Gasteiger partial charge in [-0.3, -0.25) is 0 Å². The van der Waals surface area contributed by atoms with E-state index in [4.69, 9.17) is 0 Å². The van der Waals surface area contributed by atoms with Crippen LogP contribution in [-0.2, 0) is 0 Å². The fourth-order valence-corrected chi connectivity index (χ4v) is 2.07. The summed E-state index contributed by atoms with van der Waals surface area (Å²) in [5.41, 5.74) is 4.20. The largest absolute Gasteiger partial charge is 0.0587 e. The lowest BCUT2D eigenvalue weighted by Gasteiger charge is -2.21. The van der Waals surface area contributed by atoms with Crippen molar-refractivity contribution < 1.29 is 0 Å². The Labute approximate surface area is 94.7 Å². The molecule has 0 aliphatic heterocycles. The van der Waals surface area contributed by atoms with Gasteiger partial charge in [0.25, 0.3) is 0 Å². The van der Waals surface area contributed by atoms with E-state index in [9.17, 15) is 0 Å². The van der Waals surface area contributed by atoms with Gasteiger partial charge in [0.1, 0.15) is 0 Å². The minimum absolute atomic E-state index is 0.550. The normalized spacial score (nSPS) is 11.8. The highest BCUT2D eigenvalue weighted by Crippen LogP contribution is 2.32. The molecule has 0 spiro atoms. The molecule has 0 fully saturated rings. The summed E-state index contributed by atoms with van der Waals surface area (Å²) in [5.74, 6) is 1.66. The highest BCUT2D eigenvalue weighted by molar-refractivity contribution is 5.39. The Morgan fingerprint density at radius 1 is 0.733 bits per heavy atom. The van der Waals surface area contributed by atoms with Gasteiger partial charge in [-0.25, -0.2) is 0 Å². The van der Waals surface area contributed by atoms with Crippen LogP contribution in [0.2, 0.25) is 0 Å². The van der Waals surface area contributed by atoms with Crippen molar-refractivity contribution in [2.24, 2.45) is 0 Å². The van der Waals surface area contributed by atoms with Crippen LogP contribution in [0.5, 0.6) is 0 Å². The van der Waals surface area contributed by atoms with Crippen molar-refractivity contribution in [3.63, 3.8) is 0 Å². The average molecular weight is 202 g/mol. The summed E-state index contributed by atoms with van der Waals surface area (Å²) in [6.07, 6.45) is 0. The van der Waals surface area contributed by atoms with Crippen molar-refractivity contribution in [3.8, 4) is 0 Å². The molecule has 0 aliphatic rings. The molecule has 0 N–H and O–H groups in total. The molecule has 1 rings (SSSR count). The summed E-state index contributed by atoms with van der Waals surface area (Å²) >= 11 is 0. The molecule has 0 saturated carbocycles. The molecule has 0 aliphatic carbocycles. The maximum Gasteiger partial charge on any atom is -0.0137 e. The molecular weight excluding hydrogens is 180 g/mol. The highest BCUT2D eigenvalue weighted by Gasteiger charge is 2.16. The van der Waals surface area contributed by atoms with Crippen LogP contribution in [0.25, 0.3) is 0 Å². The van der Waals surface area contributed by atoms with Gasteiger partial charge in [0.15, 0.2) is 0 Å². The topological polar surface area (TPSA) is 0 Å². The Morgan fingerprint density at radius 3 is 1.40 bits per heavy atom. The van der Waals surface area contributed by atoms with Gasteiger partial charge in [-0.05, 0) is 52.6 Å². The minimum Gasteiger partial charge on any atom is -0.0587 e. The smallest absolute Gasteiger partial charge is 0.0137 e. The molecule has 1 aromatic rings. The molecular formula is C15H22. The molecule has 0 unspecified atom stereocenters. The molecule has 82 valence electrons. The van der Waals surface area contributed by atoms with Gasteiger partial charge in [-0.1, -0.05) is 41.5 Å². The van der Waals surface area contributed by atoms with Crippen LogP contribution in [0.4, 0.5) is 0 Å². The van der Waals surface area contributed by atoms with Crippen LogP contribution in [-0.4, -0.2) is 0 Å². The zero-order chi connectivity index (χ0) is 11.6. The van der Waals surface area contributed by atoms with E-state index in [0.29, 0.717) is 17.8 Å². The van der Waals surface area contributed by atoms with Crippen LogP contribution in [0.15, 0.2) is 6.07 Å². The summed E-state index contributed by atoms with van der Waals surface area (Å²) < 4.78 is 0. The van der Waals surface area contributed by atoms with Crippen LogP contribution < -0.4 is 0 Å². The first-order chi connectivity index (χ1) is 6.95. The first-order valence-electron chi connectivity index (χ1n) is 5.91. The number of hydrogen-bond donors (Lipinski definition) is 0. The van der Waals surface area contributed by atoms with Crippen molar-refractivity contribution in [1.82, 2.24) is 0 Å². The Hall–Kier alpha value is -0.780. The summed E-state index contributed by atoms with van der Waals surface area (Å²) in [6.45, 7) is 13.5. The van der Waals surface area contributed by atoms with Gasteiger partial charge in [-0.2, -0.15) is 0 Å². The summed E-state index contributed by atoms with van der Waals surface area (Å²) in [7, 11) is 0. The van der Waals surface area contributed by atoms with E-state index in [1.807, 2.05) is 6.07 Å². The Morgan fingerprint density at radius 2 is 1.13 bits per heavy atom. The number of rotatable bonds is 3. The number of hydrogen-bond acceptors (Lipinski definition) is 0. The van der Waals surface area contributed by atoms with Crippen LogP contribution in [0.3, 0.4) is 0 Å². The SMILES string of the molecule is CC(C)c1[c]c[c]c(C(C)C)c1C(C)C. The molecule has 1 aromatic carbocycles. The third-order valence-corrected chi connectivity index (χ3v) is 2.77. The zero-order valence-electron chi connectivity index (χ0n) is 10.8. The van der Waals surface area contributed by atoms with Gasteiger partial charge in [-0.15, -0.1) is 0 Å². The third kappa shape index (κ3) is 2.62. The Balaban J connectivity index is 3.35. The van der Waals surface area contributed by atoms with Gasteiger partial charge in [0, 0.05) is 0 Å². The van der Waals surface area contributed by atoms with Gasteiger partial charge >= 0.3 is 0 Å². The second kappa shape index (κ2) is 4.83. The van der Waals surface area contributed by atoms with E-state index >= 15 is 0 Å². The second-order valence-corrected chi connectivity index (χ2v) is 5.14. The fourth-order valence-electron chi connectivity index (χ4n) is 2.07. The van der Waals surface area contributed by atoms with E-state index in [1.54, 1.807) is 0 Å². The molecule has 0 bridgehead atoms. The van der Waals surface area contributed by atoms with Crippen LogP contribution >= 0.6 is 0 Å². The lowest BCUT2D eigenvalue weighted by atomic mass is 9.83. The lowest BCUT2D eigenvalue weighted by molar-refractivity contribution is 0.746. The standard InChI is InChI=1S/C15H22/c1-10(2)13-8-7-9-14(11(3)4)15(13)12(5)6/h7,10-12H,1-6H3. The van der Waals surface area contributed by atoms with E-state index in [0.717, 1.165) is 0 Å². The molecule has 0 aromatic heterocycles. The molecule has 15 heavy (non-hydrogen) atoms. The van der Waals surface area contributed by atoms with Crippen molar-refractivity contribution in [2.75, 3.05) is 0 Å². The first-order valence-corrected chi connectivity index (χ1v) is 5.91. The van der Waals surface area contributed by atoms with Gasteiger partial charge in [0.2, 0.25) is 0 Å². The van der Waals surface area contributed by atoms with Crippen LogP contribution in [0, 0.1) is 12.1 Å². The Bertz CT molecular complexity index is 293. The van der Waals surface area contributed by atoms with Crippen LogP contribution in [0.1, 0.15) is 76.0 Å². The van der Waals surface area contributed by atoms with Crippen molar-refractivity contribution in [3.05, 3.63) is 34.9 Å². The molecule has 0 atom stereocenters. The quantitative estimate of drug-likeness (QED) is 0.669. The van der Waals surface area contributed by atoms with Crippen molar-refractivity contribution in [2.45, 2.75) is 59.3 Å². The van der Waals surface area contributed by atoms with Crippen molar-refractivity contribution in [1.29, 1.82) is 0 Å². The molecule has 0 amide bonds. The number of benzene rings is 1. The Kier molecular flexibility index (Phi) is 3.96. The van der Waals surface area contributed by atoms with Gasteiger partial charge < -0.3 is 0 Å². The van der Waals surface area contributed by atoms with E-state index in [-0.39, 0.29) is 0 Å². The van der Waals surface area contributed by atoms with E-state index < -0.39 is 0 Å². The maximum absolute atomic E-state index is 3.36. The molecule has 2 radical (unpaired) electrons. The maximum atomic E-state index is 3.36. The van der Waals surface area contributed by atoms with E-state index in [1.165, 1.54) is 16.7 Å². The monoisotopic (exact) mass is 202 g/mol. The van der Waals surface area contributed by atoms with Gasteiger partial charge in [0.05, 0.1) is 0 Å². The fraction of sp³-hybridized carbons (Fsp3) is 0.600. The summed E-state index contributed by atoms with van der Waals surface area (Å²) in [4.78, 5) is 0. The predicted octanol–water partition coefficient (Wildman–Crippen LogP) is 4.66.